The van der Waals surface area contributed by atoms with E-state index < -0.39 is 0 Å². The minimum atomic E-state index is 0. The lowest BCUT2D eigenvalue weighted by molar-refractivity contribution is -0.116. The van der Waals surface area contributed by atoms with Crippen molar-refractivity contribution in [2.24, 2.45) is 0 Å². The number of nitrogens with one attached hydrogen (secondary N) is 1. The van der Waals surface area contributed by atoms with Crippen LogP contribution in [-0.2, 0) is 4.79 Å². The van der Waals surface area contributed by atoms with Gasteiger partial charge in [-0.15, -0.1) is 24.8 Å². The minimum Gasteiger partial charge on any atom is -0.397 e. The quantitative estimate of drug-likeness (QED) is 0.758. The number of halogens is 2. The van der Waals surface area contributed by atoms with E-state index in [0.717, 1.165) is 38.5 Å². The van der Waals surface area contributed by atoms with Crippen LogP contribution in [0.1, 0.15) is 6.42 Å². The maximum atomic E-state index is 12.1. The third-order valence-corrected chi connectivity index (χ3v) is 4.24. The number of benzene rings is 1. The van der Waals surface area contributed by atoms with Gasteiger partial charge in [-0.25, -0.2) is 4.98 Å². The number of piperazine rings is 1. The fourth-order valence-corrected chi connectivity index (χ4v) is 2.82. The first-order valence-corrected chi connectivity index (χ1v) is 8.25. The van der Waals surface area contributed by atoms with Crippen molar-refractivity contribution in [3.8, 4) is 0 Å². The van der Waals surface area contributed by atoms with Crippen molar-refractivity contribution < 1.29 is 4.79 Å². The van der Waals surface area contributed by atoms with Crippen LogP contribution in [0.3, 0.4) is 0 Å². The number of hydrogen-bond acceptors (Lipinski definition) is 5. The van der Waals surface area contributed by atoms with Crippen LogP contribution in [0.15, 0.2) is 48.7 Å². The van der Waals surface area contributed by atoms with Gasteiger partial charge in [-0.3, -0.25) is 9.69 Å². The molecule has 26 heavy (non-hydrogen) atoms. The van der Waals surface area contributed by atoms with Crippen molar-refractivity contribution in [1.29, 1.82) is 0 Å². The first-order chi connectivity index (χ1) is 11.7. The molecule has 6 nitrogen and oxygen atoms in total. The van der Waals surface area contributed by atoms with Gasteiger partial charge >= 0.3 is 0 Å². The molecule has 0 bridgehead atoms. The number of nitrogens with zero attached hydrogens (tertiary/aromatic N) is 3. The van der Waals surface area contributed by atoms with Gasteiger partial charge in [0.25, 0.3) is 0 Å². The number of carbonyl (C=O) groups is 1. The normalized spacial score (nSPS) is 14.1. The van der Waals surface area contributed by atoms with Crippen molar-refractivity contribution >= 4 is 47.9 Å². The number of nitrogen functional groups attached to an aromatic ring is 1. The van der Waals surface area contributed by atoms with Crippen molar-refractivity contribution in [2.75, 3.05) is 48.7 Å². The molecule has 1 saturated heterocycles. The number of amides is 1. The lowest BCUT2D eigenvalue weighted by Gasteiger charge is -2.35. The van der Waals surface area contributed by atoms with Gasteiger partial charge in [-0.1, -0.05) is 18.2 Å². The van der Waals surface area contributed by atoms with E-state index in [1.807, 2.05) is 42.6 Å². The van der Waals surface area contributed by atoms with E-state index >= 15 is 0 Å². The second-order valence-corrected chi connectivity index (χ2v) is 5.90. The Kier molecular flexibility index (Phi) is 9.19. The number of anilines is 3. The molecule has 3 N–H and O–H groups in total. The van der Waals surface area contributed by atoms with Gasteiger partial charge in [-0.05, 0) is 24.3 Å². The van der Waals surface area contributed by atoms with Crippen LogP contribution in [0.2, 0.25) is 0 Å². The molecule has 0 unspecified atom stereocenters. The summed E-state index contributed by atoms with van der Waals surface area (Å²) in [6.45, 7) is 4.51. The van der Waals surface area contributed by atoms with Crippen LogP contribution in [0.4, 0.5) is 17.2 Å². The van der Waals surface area contributed by atoms with Gasteiger partial charge < -0.3 is 16.0 Å². The topological polar surface area (TPSA) is 74.5 Å². The van der Waals surface area contributed by atoms with Crippen LogP contribution >= 0.6 is 24.8 Å². The van der Waals surface area contributed by atoms with E-state index in [4.69, 9.17) is 5.73 Å². The van der Waals surface area contributed by atoms with Crippen molar-refractivity contribution in [3.63, 3.8) is 0 Å². The van der Waals surface area contributed by atoms with Crippen LogP contribution in [0.5, 0.6) is 0 Å². The molecule has 0 aliphatic carbocycles. The highest BCUT2D eigenvalue weighted by Gasteiger charge is 2.18. The summed E-state index contributed by atoms with van der Waals surface area (Å²) in [6.07, 6.45) is 2.29. The van der Waals surface area contributed by atoms with Crippen LogP contribution in [0, 0.1) is 0 Å². The summed E-state index contributed by atoms with van der Waals surface area (Å²) in [5.74, 6) is 1.02. The van der Waals surface area contributed by atoms with E-state index in [0.29, 0.717) is 17.8 Å². The van der Waals surface area contributed by atoms with Gasteiger partial charge in [0, 0.05) is 45.3 Å². The molecule has 2 aromatic rings. The first-order valence-electron chi connectivity index (χ1n) is 8.25. The predicted octanol–water partition coefficient (Wildman–Crippen LogP) is 2.66. The Balaban J connectivity index is 0.00000169. The summed E-state index contributed by atoms with van der Waals surface area (Å²) >= 11 is 0. The zero-order chi connectivity index (χ0) is 16.8. The van der Waals surface area contributed by atoms with Gasteiger partial charge in [0.05, 0.1) is 11.4 Å². The Morgan fingerprint density at radius 1 is 1.04 bits per heavy atom. The number of pyridine rings is 1. The average Bonchev–Trinajstić information content (AvgIpc) is 2.63. The van der Waals surface area contributed by atoms with Crippen LogP contribution in [0.25, 0.3) is 0 Å². The molecule has 1 amide bonds. The summed E-state index contributed by atoms with van der Waals surface area (Å²) in [6, 6.07) is 13.3. The van der Waals surface area contributed by atoms with E-state index in [9.17, 15) is 4.79 Å². The fourth-order valence-electron chi connectivity index (χ4n) is 2.82. The van der Waals surface area contributed by atoms with E-state index in [1.165, 1.54) is 0 Å². The molecule has 1 fully saturated rings. The molecule has 142 valence electrons. The van der Waals surface area contributed by atoms with E-state index in [-0.39, 0.29) is 30.7 Å². The van der Waals surface area contributed by atoms with Gasteiger partial charge in [0.1, 0.15) is 5.82 Å². The van der Waals surface area contributed by atoms with Crippen molar-refractivity contribution in [2.45, 2.75) is 6.42 Å². The standard InChI is InChI=1S/C18H23N5O.2ClH/c19-15-5-1-2-6-16(15)21-18(24)8-10-22-11-13-23(14-12-22)17-7-3-4-9-20-17;;/h1-7,9H,8,10-14,19H2,(H,21,24);2*1H. The van der Waals surface area contributed by atoms with Crippen LogP contribution in [-0.4, -0.2) is 48.5 Å². The third kappa shape index (κ3) is 6.05. The molecule has 1 aromatic heterocycles. The van der Waals surface area contributed by atoms with Gasteiger partial charge in [0.15, 0.2) is 0 Å². The predicted molar refractivity (Wildman–Crippen MR) is 111 cm³/mol. The molecule has 1 aliphatic heterocycles. The zero-order valence-corrected chi connectivity index (χ0v) is 16.1. The fraction of sp³-hybridized carbons (Fsp3) is 0.333. The number of hydrogen-bond donors (Lipinski definition) is 2. The Morgan fingerprint density at radius 3 is 2.38 bits per heavy atom. The molecule has 8 heteroatoms. The highest BCUT2D eigenvalue weighted by molar-refractivity contribution is 5.93. The SMILES string of the molecule is Cl.Cl.Nc1ccccc1NC(=O)CCN1CCN(c2ccccn2)CC1. The monoisotopic (exact) mass is 397 g/mol. The van der Waals surface area contributed by atoms with Crippen LogP contribution < -0.4 is 16.0 Å². The van der Waals surface area contributed by atoms with Crippen molar-refractivity contribution in [1.82, 2.24) is 9.88 Å². The molecule has 0 radical (unpaired) electrons. The highest BCUT2D eigenvalue weighted by atomic mass is 35.5. The Morgan fingerprint density at radius 2 is 1.73 bits per heavy atom. The molecule has 2 heterocycles. The summed E-state index contributed by atoms with van der Waals surface area (Å²) in [5.41, 5.74) is 7.12. The third-order valence-electron chi connectivity index (χ3n) is 4.24. The summed E-state index contributed by atoms with van der Waals surface area (Å²) < 4.78 is 0. The Labute approximate surface area is 166 Å². The van der Waals surface area contributed by atoms with Crippen molar-refractivity contribution in [3.05, 3.63) is 48.7 Å². The largest absolute Gasteiger partial charge is 0.397 e. The minimum absolute atomic E-state index is 0. The second-order valence-electron chi connectivity index (χ2n) is 5.90. The lowest BCUT2D eigenvalue weighted by atomic mass is 10.2. The average molecular weight is 398 g/mol. The van der Waals surface area contributed by atoms with Gasteiger partial charge in [0.2, 0.25) is 5.91 Å². The molecule has 1 aromatic carbocycles. The maximum absolute atomic E-state index is 12.1. The van der Waals surface area contributed by atoms with Gasteiger partial charge in [-0.2, -0.15) is 0 Å². The van der Waals surface area contributed by atoms with E-state index in [1.54, 1.807) is 6.07 Å². The molecular weight excluding hydrogens is 373 g/mol. The summed E-state index contributed by atoms with van der Waals surface area (Å²) in [7, 11) is 0. The summed E-state index contributed by atoms with van der Waals surface area (Å²) in [5, 5.41) is 2.87. The number of carbonyl (C=O) groups excluding carboxylic acids is 1. The molecule has 0 saturated carbocycles. The number of aromatic nitrogens is 1. The number of nitrogens with two attached hydrogens (primary N) is 1. The highest BCUT2D eigenvalue weighted by Crippen LogP contribution is 2.17. The molecular formula is C18H25Cl2N5O. The summed E-state index contributed by atoms with van der Waals surface area (Å²) in [4.78, 5) is 21.1. The second kappa shape index (κ2) is 10.9. The lowest BCUT2D eigenvalue weighted by Crippen LogP contribution is -2.47. The molecule has 0 spiro atoms. The molecule has 3 rings (SSSR count). The molecule has 1 aliphatic rings. The van der Waals surface area contributed by atoms with E-state index in [2.05, 4.69) is 20.1 Å². The first kappa shape index (κ1) is 22.0. The Bertz CT molecular complexity index is 678. The Hall–Kier alpha value is -2.02. The zero-order valence-electron chi connectivity index (χ0n) is 14.5. The maximum Gasteiger partial charge on any atom is 0.225 e. The number of rotatable bonds is 5. The number of para-hydroxylation sites is 2. The smallest absolute Gasteiger partial charge is 0.225 e. The molecule has 0 atom stereocenters.